The van der Waals surface area contributed by atoms with E-state index in [0.29, 0.717) is 28.5 Å². The maximum atomic E-state index is 12.1. The third-order valence-corrected chi connectivity index (χ3v) is 4.77. The van der Waals surface area contributed by atoms with Gasteiger partial charge in [0.05, 0.1) is 17.0 Å². The fourth-order valence-electron chi connectivity index (χ4n) is 2.71. The molecule has 0 aliphatic heterocycles. The van der Waals surface area contributed by atoms with Crippen LogP contribution in [0.2, 0.25) is 0 Å². The van der Waals surface area contributed by atoms with Gasteiger partial charge in [-0.25, -0.2) is 9.50 Å². The Kier molecular flexibility index (Phi) is 3.86. The number of aromatic nitrogens is 4. The maximum Gasteiger partial charge on any atom is 0.253 e. The minimum absolute atomic E-state index is 0.0295. The maximum absolute atomic E-state index is 12.1. The van der Waals surface area contributed by atoms with Crippen LogP contribution in [0, 0.1) is 0 Å². The van der Waals surface area contributed by atoms with Gasteiger partial charge < -0.3 is 0 Å². The van der Waals surface area contributed by atoms with E-state index in [9.17, 15) is 9.59 Å². The van der Waals surface area contributed by atoms with E-state index in [-0.39, 0.29) is 17.3 Å². The van der Waals surface area contributed by atoms with Gasteiger partial charge in [-0.2, -0.15) is 4.98 Å². The molecule has 0 fully saturated rings. The standard InChI is InChI=1S/C17H14N4O2S/c22-14-8-4-7-13-12(14)9-21-16(18-13)19-17(20-21)24-10-15(23)11-5-2-1-3-6-11/h1-3,5-6,9H,4,7-8,10H2. The van der Waals surface area contributed by atoms with Crippen molar-refractivity contribution in [3.63, 3.8) is 0 Å². The Morgan fingerprint density at radius 2 is 2.00 bits per heavy atom. The molecule has 0 bridgehead atoms. The Bertz CT molecular complexity index is 936. The van der Waals surface area contributed by atoms with Gasteiger partial charge in [0.25, 0.3) is 5.78 Å². The summed E-state index contributed by atoms with van der Waals surface area (Å²) in [5.41, 5.74) is 2.10. The van der Waals surface area contributed by atoms with Crippen molar-refractivity contribution >= 4 is 29.1 Å². The lowest BCUT2D eigenvalue weighted by atomic mass is 9.96. The second-order valence-electron chi connectivity index (χ2n) is 5.59. The zero-order chi connectivity index (χ0) is 16.5. The molecule has 0 N–H and O–H groups in total. The average Bonchev–Trinajstić information content (AvgIpc) is 3.01. The van der Waals surface area contributed by atoms with E-state index in [1.54, 1.807) is 18.3 Å². The summed E-state index contributed by atoms with van der Waals surface area (Å²) < 4.78 is 1.53. The first-order chi connectivity index (χ1) is 11.7. The van der Waals surface area contributed by atoms with Gasteiger partial charge in [-0.3, -0.25) is 9.59 Å². The molecule has 24 heavy (non-hydrogen) atoms. The predicted molar refractivity (Wildman–Crippen MR) is 89.5 cm³/mol. The topological polar surface area (TPSA) is 77.2 Å². The van der Waals surface area contributed by atoms with Crippen molar-refractivity contribution < 1.29 is 9.59 Å². The quantitative estimate of drug-likeness (QED) is 0.537. The zero-order valence-electron chi connectivity index (χ0n) is 12.8. The van der Waals surface area contributed by atoms with Crippen LogP contribution in [0.4, 0.5) is 0 Å². The SMILES string of the molecule is O=C(CSc1nc2nc3c(cn2n1)C(=O)CCC3)c1ccccc1. The number of benzene rings is 1. The first-order valence-corrected chi connectivity index (χ1v) is 8.70. The van der Waals surface area contributed by atoms with Gasteiger partial charge in [0.15, 0.2) is 11.6 Å². The van der Waals surface area contributed by atoms with Crippen LogP contribution in [-0.4, -0.2) is 36.9 Å². The monoisotopic (exact) mass is 338 g/mol. The van der Waals surface area contributed by atoms with Crippen LogP contribution in [0.15, 0.2) is 41.7 Å². The summed E-state index contributed by atoms with van der Waals surface area (Å²) in [6.07, 6.45) is 3.88. The second-order valence-corrected chi connectivity index (χ2v) is 6.54. The number of rotatable bonds is 4. The fraction of sp³-hybridized carbons (Fsp3) is 0.235. The Hall–Kier alpha value is -2.54. The second kappa shape index (κ2) is 6.16. The van der Waals surface area contributed by atoms with Crippen LogP contribution in [-0.2, 0) is 6.42 Å². The van der Waals surface area contributed by atoms with Crippen LogP contribution < -0.4 is 0 Å². The smallest absolute Gasteiger partial charge is 0.253 e. The molecule has 0 saturated carbocycles. The molecule has 0 amide bonds. The van der Waals surface area contributed by atoms with Gasteiger partial charge in [-0.1, -0.05) is 42.1 Å². The summed E-state index contributed by atoms with van der Waals surface area (Å²) in [5.74, 6) is 0.870. The van der Waals surface area contributed by atoms with Gasteiger partial charge in [0, 0.05) is 18.2 Å². The molecule has 2 aromatic heterocycles. The minimum Gasteiger partial charge on any atom is -0.294 e. The average molecular weight is 338 g/mol. The Labute approximate surface area is 142 Å². The van der Waals surface area contributed by atoms with Crippen molar-refractivity contribution in [1.82, 2.24) is 19.6 Å². The van der Waals surface area contributed by atoms with Crippen LogP contribution >= 0.6 is 11.8 Å². The molecule has 120 valence electrons. The van der Waals surface area contributed by atoms with E-state index >= 15 is 0 Å². The zero-order valence-corrected chi connectivity index (χ0v) is 13.6. The van der Waals surface area contributed by atoms with Crippen molar-refractivity contribution in [2.45, 2.75) is 24.4 Å². The fourth-order valence-corrected chi connectivity index (χ4v) is 3.43. The molecule has 2 heterocycles. The molecule has 0 saturated heterocycles. The largest absolute Gasteiger partial charge is 0.294 e. The van der Waals surface area contributed by atoms with Crippen LogP contribution in [0.3, 0.4) is 0 Å². The number of carbonyl (C=O) groups excluding carboxylic acids is 2. The van der Waals surface area contributed by atoms with E-state index in [0.717, 1.165) is 18.5 Å². The number of nitrogens with zero attached hydrogens (tertiary/aromatic N) is 4. The lowest BCUT2D eigenvalue weighted by Crippen LogP contribution is -2.14. The number of aryl methyl sites for hydroxylation is 1. The van der Waals surface area contributed by atoms with Gasteiger partial charge >= 0.3 is 0 Å². The first kappa shape index (κ1) is 15.0. The summed E-state index contributed by atoms with van der Waals surface area (Å²) in [6, 6.07) is 9.14. The van der Waals surface area contributed by atoms with Crippen molar-refractivity contribution in [3.05, 3.63) is 53.3 Å². The number of Topliss-reactive ketones (excluding diaryl/α,β-unsaturated/α-hetero) is 2. The summed E-state index contributed by atoms with van der Waals surface area (Å²) >= 11 is 1.27. The molecule has 0 unspecified atom stereocenters. The van der Waals surface area contributed by atoms with Gasteiger partial charge in [-0.05, 0) is 12.8 Å². The third kappa shape index (κ3) is 2.82. The molecular formula is C17H14N4O2S. The predicted octanol–water partition coefficient (Wildman–Crippen LogP) is 2.62. The van der Waals surface area contributed by atoms with E-state index in [4.69, 9.17) is 0 Å². The van der Waals surface area contributed by atoms with Gasteiger partial charge in [-0.15, -0.1) is 5.10 Å². The van der Waals surface area contributed by atoms with Crippen LogP contribution in [0.25, 0.3) is 5.78 Å². The molecule has 1 aromatic carbocycles. The number of ketones is 2. The number of fused-ring (bicyclic) bond motifs is 2. The summed E-state index contributed by atoms with van der Waals surface area (Å²) in [4.78, 5) is 32.9. The summed E-state index contributed by atoms with van der Waals surface area (Å²) in [5, 5.41) is 4.81. The van der Waals surface area contributed by atoms with E-state index in [2.05, 4.69) is 15.1 Å². The van der Waals surface area contributed by atoms with Crippen molar-refractivity contribution in [1.29, 1.82) is 0 Å². The lowest BCUT2D eigenvalue weighted by Gasteiger charge is -2.12. The van der Waals surface area contributed by atoms with Crippen molar-refractivity contribution in [2.75, 3.05) is 5.75 Å². The summed E-state index contributed by atoms with van der Waals surface area (Å²) in [6.45, 7) is 0. The Morgan fingerprint density at radius 1 is 1.17 bits per heavy atom. The third-order valence-electron chi connectivity index (χ3n) is 3.94. The van der Waals surface area contributed by atoms with E-state index < -0.39 is 0 Å². The minimum atomic E-state index is 0.0295. The van der Waals surface area contributed by atoms with Crippen molar-refractivity contribution in [3.8, 4) is 0 Å². The van der Waals surface area contributed by atoms with Crippen molar-refractivity contribution in [2.24, 2.45) is 0 Å². The highest BCUT2D eigenvalue weighted by Crippen LogP contribution is 2.21. The van der Waals surface area contributed by atoms with Crippen LogP contribution in [0.1, 0.15) is 39.3 Å². The molecule has 1 aliphatic carbocycles. The van der Waals surface area contributed by atoms with Gasteiger partial charge in [0.1, 0.15) is 0 Å². The van der Waals surface area contributed by atoms with Gasteiger partial charge in [0.2, 0.25) is 5.16 Å². The first-order valence-electron chi connectivity index (χ1n) is 7.71. The number of hydrogen-bond acceptors (Lipinski definition) is 6. The molecule has 7 heteroatoms. The highest BCUT2D eigenvalue weighted by atomic mass is 32.2. The summed E-state index contributed by atoms with van der Waals surface area (Å²) in [7, 11) is 0. The Balaban J connectivity index is 1.55. The normalized spacial score (nSPS) is 13.9. The molecule has 0 radical (unpaired) electrons. The molecular weight excluding hydrogens is 324 g/mol. The lowest BCUT2D eigenvalue weighted by molar-refractivity contribution is 0.0969. The molecule has 4 rings (SSSR count). The number of carbonyl (C=O) groups is 2. The van der Waals surface area contributed by atoms with E-state index in [1.807, 2.05) is 18.2 Å². The number of hydrogen-bond donors (Lipinski definition) is 0. The molecule has 0 atom stereocenters. The highest BCUT2D eigenvalue weighted by molar-refractivity contribution is 7.99. The highest BCUT2D eigenvalue weighted by Gasteiger charge is 2.20. The van der Waals surface area contributed by atoms with E-state index in [1.165, 1.54) is 16.3 Å². The number of thioether (sulfide) groups is 1. The molecule has 1 aliphatic rings. The molecule has 3 aromatic rings. The molecule has 0 spiro atoms. The Morgan fingerprint density at radius 3 is 2.83 bits per heavy atom. The molecule has 6 nitrogen and oxygen atoms in total. The van der Waals surface area contributed by atoms with Crippen LogP contribution in [0.5, 0.6) is 0 Å².